The van der Waals surface area contributed by atoms with Gasteiger partial charge in [0, 0.05) is 5.69 Å². The molecule has 0 unspecified atom stereocenters. The highest BCUT2D eigenvalue weighted by atomic mass is 16.5. The molecule has 2 heterocycles. The first-order valence-corrected chi connectivity index (χ1v) is 6.61. The second kappa shape index (κ2) is 4.96. The quantitative estimate of drug-likeness (QED) is 0.838. The van der Waals surface area contributed by atoms with Gasteiger partial charge in [-0.15, -0.1) is 0 Å². The average molecular weight is 272 g/mol. The number of rotatable bonds is 2. The predicted molar refractivity (Wildman–Crippen MR) is 73.8 cm³/mol. The Balaban J connectivity index is 2.09. The van der Waals surface area contributed by atoms with Crippen LogP contribution in [0, 0.1) is 0 Å². The van der Waals surface area contributed by atoms with Crippen molar-refractivity contribution in [3.8, 4) is 5.82 Å². The van der Waals surface area contributed by atoms with Gasteiger partial charge in [0.25, 0.3) is 0 Å². The highest BCUT2D eigenvalue weighted by Gasteiger charge is 2.19. The van der Waals surface area contributed by atoms with Gasteiger partial charge in [-0.25, -0.2) is 14.8 Å². The smallest absolute Gasteiger partial charge is 0.356 e. The van der Waals surface area contributed by atoms with Crippen LogP contribution in [0.1, 0.15) is 34.7 Å². The highest BCUT2D eigenvalue weighted by Crippen LogP contribution is 2.25. The van der Waals surface area contributed by atoms with Gasteiger partial charge in [-0.3, -0.25) is 4.57 Å². The first kappa shape index (κ1) is 12.7. The number of carbonyl (C=O) groups is 1. The minimum Gasteiger partial charge on any atom is -0.464 e. The summed E-state index contributed by atoms with van der Waals surface area (Å²) in [4.78, 5) is 20.3. The monoisotopic (exact) mass is 272 g/mol. The number of carbonyl (C=O) groups excluding carboxylic acids is 1. The first-order valence-electron chi connectivity index (χ1n) is 6.61. The number of ether oxygens (including phenoxy) is 1. The van der Waals surface area contributed by atoms with Crippen molar-refractivity contribution in [1.82, 2.24) is 14.5 Å². The lowest BCUT2D eigenvalue weighted by molar-refractivity contribution is 0.0594. The van der Waals surface area contributed by atoms with E-state index in [9.17, 15) is 4.79 Å². The third-order valence-electron chi connectivity index (χ3n) is 3.56. The third kappa shape index (κ3) is 2.03. The summed E-state index contributed by atoms with van der Waals surface area (Å²) in [5.74, 6) is 0.0729. The fraction of sp³-hybridized carbons (Fsp3) is 0.357. The molecule has 0 amide bonds. The number of anilines is 1. The molecular weight excluding hydrogens is 256 g/mol. The number of esters is 1. The van der Waals surface area contributed by atoms with Crippen LogP contribution in [0.3, 0.4) is 0 Å². The van der Waals surface area contributed by atoms with Crippen molar-refractivity contribution in [3.05, 3.63) is 35.5 Å². The van der Waals surface area contributed by atoms with E-state index in [1.807, 2.05) is 4.57 Å². The Hall–Kier alpha value is -2.37. The van der Waals surface area contributed by atoms with Crippen molar-refractivity contribution in [2.45, 2.75) is 25.7 Å². The van der Waals surface area contributed by atoms with Crippen molar-refractivity contribution in [2.75, 3.05) is 12.8 Å². The number of methoxy groups -OCH3 is 1. The lowest BCUT2D eigenvalue weighted by atomic mass is 10.0. The first-order chi connectivity index (χ1) is 9.70. The molecule has 1 aliphatic rings. The molecule has 0 saturated heterocycles. The van der Waals surface area contributed by atoms with Crippen LogP contribution >= 0.6 is 0 Å². The lowest BCUT2D eigenvalue weighted by Crippen LogP contribution is -2.12. The SMILES string of the molecule is COC(=O)c1ccc(N)c(-n2cnc3c2CCCC3)n1. The molecule has 20 heavy (non-hydrogen) atoms. The zero-order valence-corrected chi connectivity index (χ0v) is 11.3. The van der Waals surface area contributed by atoms with Crippen LogP contribution < -0.4 is 5.73 Å². The number of hydrogen-bond acceptors (Lipinski definition) is 5. The molecule has 2 aromatic heterocycles. The van der Waals surface area contributed by atoms with Gasteiger partial charge in [-0.1, -0.05) is 0 Å². The summed E-state index contributed by atoms with van der Waals surface area (Å²) in [5.41, 5.74) is 8.99. The Labute approximate surface area is 116 Å². The third-order valence-corrected chi connectivity index (χ3v) is 3.56. The summed E-state index contributed by atoms with van der Waals surface area (Å²) in [6.45, 7) is 0. The average Bonchev–Trinajstić information content (AvgIpc) is 2.91. The van der Waals surface area contributed by atoms with Gasteiger partial charge in [0.1, 0.15) is 6.33 Å². The molecule has 6 heteroatoms. The van der Waals surface area contributed by atoms with E-state index in [0.717, 1.165) is 37.1 Å². The maximum atomic E-state index is 11.6. The van der Waals surface area contributed by atoms with Crippen molar-refractivity contribution >= 4 is 11.7 Å². The number of aromatic nitrogens is 3. The van der Waals surface area contributed by atoms with E-state index in [-0.39, 0.29) is 5.69 Å². The second-order valence-electron chi connectivity index (χ2n) is 4.82. The molecule has 0 spiro atoms. The van der Waals surface area contributed by atoms with Crippen LogP contribution in [0.2, 0.25) is 0 Å². The van der Waals surface area contributed by atoms with Gasteiger partial charge >= 0.3 is 5.97 Å². The van der Waals surface area contributed by atoms with Crippen LogP contribution in [0.25, 0.3) is 5.82 Å². The predicted octanol–water partition coefficient (Wildman–Crippen LogP) is 1.51. The van der Waals surface area contributed by atoms with E-state index >= 15 is 0 Å². The Morgan fingerprint density at radius 2 is 2.15 bits per heavy atom. The highest BCUT2D eigenvalue weighted by molar-refractivity contribution is 5.88. The number of hydrogen-bond donors (Lipinski definition) is 1. The molecule has 0 bridgehead atoms. The number of nitrogen functional groups attached to an aromatic ring is 1. The fourth-order valence-corrected chi connectivity index (χ4v) is 2.52. The molecule has 0 atom stereocenters. The van der Waals surface area contributed by atoms with Crippen molar-refractivity contribution < 1.29 is 9.53 Å². The molecule has 0 fully saturated rings. The van der Waals surface area contributed by atoms with E-state index in [1.54, 1.807) is 18.5 Å². The summed E-state index contributed by atoms with van der Waals surface area (Å²) in [6, 6.07) is 3.23. The van der Waals surface area contributed by atoms with E-state index in [1.165, 1.54) is 7.11 Å². The largest absolute Gasteiger partial charge is 0.464 e. The molecular formula is C14H16N4O2. The lowest BCUT2D eigenvalue weighted by Gasteiger charge is -2.15. The minimum absolute atomic E-state index is 0.245. The maximum Gasteiger partial charge on any atom is 0.356 e. The van der Waals surface area contributed by atoms with Gasteiger partial charge < -0.3 is 10.5 Å². The van der Waals surface area contributed by atoms with E-state index in [2.05, 4.69) is 9.97 Å². The maximum absolute atomic E-state index is 11.6. The van der Waals surface area contributed by atoms with Crippen LogP contribution in [0.4, 0.5) is 5.69 Å². The van der Waals surface area contributed by atoms with Gasteiger partial charge in [0.15, 0.2) is 11.5 Å². The molecule has 2 aromatic rings. The van der Waals surface area contributed by atoms with Gasteiger partial charge in [-0.2, -0.15) is 0 Å². The normalized spacial score (nSPS) is 13.8. The van der Waals surface area contributed by atoms with Crippen LogP contribution in [0.15, 0.2) is 18.5 Å². The zero-order valence-electron chi connectivity index (χ0n) is 11.3. The molecule has 0 radical (unpaired) electrons. The Morgan fingerprint density at radius 1 is 1.35 bits per heavy atom. The van der Waals surface area contributed by atoms with Gasteiger partial charge in [-0.05, 0) is 37.8 Å². The molecule has 0 saturated carbocycles. The second-order valence-corrected chi connectivity index (χ2v) is 4.82. The summed E-state index contributed by atoms with van der Waals surface area (Å²) in [6.07, 6.45) is 5.97. The molecule has 0 aliphatic heterocycles. The van der Waals surface area contributed by atoms with Crippen LogP contribution in [0.5, 0.6) is 0 Å². The number of pyridine rings is 1. The summed E-state index contributed by atoms with van der Waals surface area (Å²) in [7, 11) is 1.33. The minimum atomic E-state index is -0.472. The number of imidazole rings is 1. The fourth-order valence-electron chi connectivity index (χ4n) is 2.52. The number of fused-ring (bicyclic) bond motifs is 1. The summed E-state index contributed by atoms with van der Waals surface area (Å²) >= 11 is 0. The van der Waals surface area contributed by atoms with Crippen LogP contribution in [-0.4, -0.2) is 27.6 Å². The standard InChI is InChI=1S/C14H16N4O2/c1-20-14(19)11-7-6-9(15)13(17-11)18-8-16-10-4-2-3-5-12(10)18/h6-8H,2-5,15H2,1H3. The Kier molecular flexibility index (Phi) is 3.14. The molecule has 0 aromatic carbocycles. The van der Waals surface area contributed by atoms with Crippen LogP contribution in [-0.2, 0) is 17.6 Å². The summed E-state index contributed by atoms with van der Waals surface area (Å²) in [5, 5.41) is 0. The molecule has 2 N–H and O–H groups in total. The topological polar surface area (TPSA) is 83.0 Å². The van der Waals surface area contributed by atoms with E-state index in [0.29, 0.717) is 11.5 Å². The Bertz CT molecular complexity index is 663. The number of nitrogens with zero attached hydrogens (tertiary/aromatic N) is 3. The summed E-state index contributed by atoms with van der Waals surface area (Å²) < 4.78 is 6.58. The van der Waals surface area contributed by atoms with Crippen molar-refractivity contribution in [3.63, 3.8) is 0 Å². The zero-order chi connectivity index (χ0) is 14.1. The van der Waals surface area contributed by atoms with Crippen molar-refractivity contribution in [2.24, 2.45) is 0 Å². The van der Waals surface area contributed by atoms with E-state index in [4.69, 9.17) is 10.5 Å². The number of nitrogens with two attached hydrogens (primary N) is 1. The Morgan fingerprint density at radius 3 is 2.95 bits per heavy atom. The van der Waals surface area contributed by atoms with Crippen molar-refractivity contribution in [1.29, 1.82) is 0 Å². The molecule has 1 aliphatic carbocycles. The molecule has 3 rings (SSSR count). The number of aryl methyl sites for hydroxylation is 1. The molecule has 6 nitrogen and oxygen atoms in total. The van der Waals surface area contributed by atoms with Gasteiger partial charge in [0.2, 0.25) is 0 Å². The molecule has 104 valence electrons. The van der Waals surface area contributed by atoms with Gasteiger partial charge in [0.05, 0.1) is 18.5 Å². The van der Waals surface area contributed by atoms with E-state index < -0.39 is 5.97 Å².